The summed E-state index contributed by atoms with van der Waals surface area (Å²) in [7, 11) is 3.58. The van der Waals surface area contributed by atoms with Crippen LogP contribution in [0, 0.1) is 16.7 Å². The fourth-order valence-electron chi connectivity index (χ4n) is 1.92. The van der Waals surface area contributed by atoms with E-state index in [9.17, 15) is 5.26 Å². The van der Waals surface area contributed by atoms with Crippen LogP contribution >= 0.6 is 0 Å². The standard InChI is InChI=1S/C14H21N3O2/c1-10-12(13(16-4)14(2,3)9-15)19-8-11(7-18-6)17(10)5/h11H,1,4,7-8H2,2-3,5-6H3. The molecule has 5 nitrogen and oxygen atoms in total. The highest BCUT2D eigenvalue weighted by atomic mass is 16.5. The number of nitriles is 1. The van der Waals surface area contributed by atoms with Crippen LogP contribution in [0.4, 0.5) is 0 Å². The van der Waals surface area contributed by atoms with E-state index < -0.39 is 5.41 Å². The van der Waals surface area contributed by atoms with Crippen molar-refractivity contribution in [3.05, 3.63) is 23.7 Å². The van der Waals surface area contributed by atoms with Crippen molar-refractivity contribution in [2.24, 2.45) is 10.4 Å². The molecule has 0 aromatic rings. The number of aliphatic imine (C=N–C) groups is 1. The molecule has 0 radical (unpaired) electrons. The van der Waals surface area contributed by atoms with E-state index in [2.05, 4.69) is 24.4 Å². The Balaban J connectivity index is 3.13. The molecule has 1 atom stereocenters. The number of rotatable bonds is 4. The maximum absolute atomic E-state index is 9.22. The molecule has 0 bridgehead atoms. The van der Waals surface area contributed by atoms with Crippen molar-refractivity contribution in [2.45, 2.75) is 19.9 Å². The average Bonchev–Trinajstić information content (AvgIpc) is 2.38. The van der Waals surface area contributed by atoms with Crippen LogP contribution in [0.15, 0.2) is 28.7 Å². The lowest BCUT2D eigenvalue weighted by molar-refractivity contribution is 0.0352. The molecular formula is C14H21N3O2. The predicted octanol–water partition coefficient (Wildman–Crippen LogP) is 1.94. The lowest BCUT2D eigenvalue weighted by Crippen LogP contribution is -2.43. The van der Waals surface area contributed by atoms with Gasteiger partial charge in [0.2, 0.25) is 0 Å². The van der Waals surface area contributed by atoms with Crippen molar-refractivity contribution in [3.63, 3.8) is 0 Å². The summed E-state index contributed by atoms with van der Waals surface area (Å²) in [6.45, 7) is 12.1. The highest BCUT2D eigenvalue weighted by Gasteiger charge is 2.33. The average molecular weight is 263 g/mol. The number of hydrogen-bond acceptors (Lipinski definition) is 5. The van der Waals surface area contributed by atoms with E-state index in [1.807, 2.05) is 11.9 Å². The number of hydrogen-bond donors (Lipinski definition) is 0. The molecule has 104 valence electrons. The number of methoxy groups -OCH3 is 1. The third kappa shape index (κ3) is 2.96. The fourth-order valence-corrected chi connectivity index (χ4v) is 1.92. The minimum atomic E-state index is -0.769. The van der Waals surface area contributed by atoms with Gasteiger partial charge in [0.1, 0.15) is 12.3 Å². The molecule has 0 N–H and O–H groups in total. The molecule has 0 saturated carbocycles. The van der Waals surface area contributed by atoms with Crippen LogP contribution in [0.1, 0.15) is 13.8 Å². The van der Waals surface area contributed by atoms with Gasteiger partial charge in [-0.15, -0.1) is 0 Å². The van der Waals surface area contributed by atoms with E-state index in [0.29, 0.717) is 30.4 Å². The third-order valence-corrected chi connectivity index (χ3v) is 3.26. The Morgan fingerprint density at radius 2 is 2.32 bits per heavy atom. The summed E-state index contributed by atoms with van der Waals surface area (Å²) in [5.74, 6) is 0.538. The first kappa shape index (κ1) is 15.3. The van der Waals surface area contributed by atoms with Gasteiger partial charge in [-0.1, -0.05) is 6.58 Å². The Hall–Kier alpha value is -1.80. The number of likely N-dealkylation sites (N-methyl/N-ethyl adjacent to an activating group) is 1. The van der Waals surface area contributed by atoms with Gasteiger partial charge in [0.05, 0.1) is 29.8 Å². The molecule has 5 heteroatoms. The van der Waals surface area contributed by atoms with Gasteiger partial charge in [0.25, 0.3) is 0 Å². The van der Waals surface area contributed by atoms with Gasteiger partial charge in [0, 0.05) is 14.2 Å². The van der Waals surface area contributed by atoms with Crippen LogP contribution in [0.25, 0.3) is 0 Å². The first-order chi connectivity index (χ1) is 8.88. The van der Waals surface area contributed by atoms with Crippen molar-refractivity contribution in [3.8, 4) is 6.07 Å². The van der Waals surface area contributed by atoms with Crippen molar-refractivity contribution in [1.82, 2.24) is 4.90 Å². The maximum atomic E-state index is 9.22. The Kier molecular flexibility index (Phi) is 4.73. The molecular weight excluding hydrogens is 242 g/mol. The Morgan fingerprint density at radius 3 is 2.79 bits per heavy atom. The molecule has 0 amide bonds. The Labute approximate surface area is 114 Å². The zero-order valence-electron chi connectivity index (χ0n) is 12.1. The van der Waals surface area contributed by atoms with E-state index in [-0.39, 0.29) is 6.04 Å². The molecule has 19 heavy (non-hydrogen) atoms. The monoisotopic (exact) mass is 263 g/mol. The summed E-state index contributed by atoms with van der Waals surface area (Å²) in [6, 6.07) is 2.31. The third-order valence-electron chi connectivity index (χ3n) is 3.26. The first-order valence-electron chi connectivity index (χ1n) is 6.05. The molecule has 1 aliphatic rings. The zero-order chi connectivity index (χ0) is 14.6. The van der Waals surface area contributed by atoms with E-state index in [4.69, 9.17) is 9.47 Å². The molecule has 0 aromatic heterocycles. The van der Waals surface area contributed by atoms with Gasteiger partial charge in [-0.05, 0) is 20.6 Å². The second-order valence-electron chi connectivity index (χ2n) is 5.05. The minimum Gasteiger partial charge on any atom is -0.487 e. The Bertz CT molecular complexity index is 446. The molecule has 1 rings (SSSR count). The second-order valence-corrected chi connectivity index (χ2v) is 5.05. The van der Waals surface area contributed by atoms with Crippen LogP contribution < -0.4 is 0 Å². The molecule has 1 fully saturated rings. The van der Waals surface area contributed by atoms with Crippen molar-refractivity contribution in [2.75, 3.05) is 27.4 Å². The minimum absolute atomic E-state index is 0.109. The molecule has 0 aromatic carbocycles. The molecule has 1 aliphatic heterocycles. The summed E-state index contributed by atoms with van der Waals surface area (Å²) >= 11 is 0. The number of morpholine rings is 1. The first-order valence-corrected chi connectivity index (χ1v) is 6.05. The zero-order valence-corrected chi connectivity index (χ0v) is 12.1. The largest absolute Gasteiger partial charge is 0.487 e. The van der Waals surface area contributed by atoms with E-state index in [1.54, 1.807) is 21.0 Å². The van der Waals surface area contributed by atoms with Gasteiger partial charge in [-0.3, -0.25) is 4.99 Å². The smallest absolute Gasteiger partial charge is 0.165 e. The predicted molar refractivity (Wildman–Crippen MR) is 74.5 cm³/mol. The Morgan fingerprint density at radius 1 is 1.68 bits per heavy atom. The SMILES string of the molecule is C=NC(=C1OCC(COC)N(C)C1=C)C(C)(C)C#N. The number of nitrogens with zero attached hydrogens (tertiary/aromatic N) is 3. The van der Waals surface area contributed by atoms with Crippen LogP contribution in [0.2, 0.25) is 0 Å². The highest BCUT2D eigenvalue weighted by Crippen LogP contribution is 2.35. The van der Waals surface area contributed by atoms with Crippen molar-refractivity contribution in [1.29, 1.82) is 5.26 Å². The van der Waals surface area contributed by atoms with Crippen molar-refractivity contribution < 1.29 is 9.47 Å². The van der Waals surface area contributed by atoms with Gasteiger partial charge < -0.3 is 14.4 Å². The molecule has 0 aliphatic carbocycles. The van der Waals surface area contributed by atoms with Gasteiger partial charge in [-0.25, -0.2) is 0 Å². The normalized spacial score (nSPS) is 22.6. The van der Waals surface area contributed by atoms with Crippen LogP contribution in [0.5, 0.6) is 0 Å². The summed E-state index contributed by atoms with van der Waals surface area (Å²) < 4.78 is 10.9. The maximum Gasteiger partial charge on any atom is 0.165 e. The van der Waals surface area contributed by atoms with Gasteiger partial charge >= 0.3 is 0 Å². The van der Waals surface area contributed by atoms with E-state index in [0.717, 1.165) is 0 Å². The summed E-state index contributed by atoms with van der Waals surface area (Å²) in [5, 5.41) is 9.22. The summed E-state index contributed by atoms with van der Waals surface area (Å²) in [5.41, 5.74) is 0.441. The summed E-state index contributed by atoms with van der Waals surface area (Å²) in [4.78, 5) is 5.96. The van der Waals surface area contributed by atoms with E-state index >= 15 is 0 Å². The molecule has 0 spiro atoms. The summed E-state index contributed by atoms with van der Waals surface area (Å²) in [6.07, 6.45) is 0. The second kappa shape index (κ2) is 5.89. The fraction of sp³-hybridized carbons (Fsp3) is 0.571. The lowest BCUT2D eigenvalue weighted by Gasteiger charge is -2.38. The highest BCUT2D eigenvalue weighted by molar-refractivity contribution is 5.40. The van der Waals surface area contributed by atoms with Gasteiger partial charge in [0.15, 0.2) is 5.76 Å². The van der Waals surface area contributed by atoms with Crippen molar-refractivity contribution >= 4 is 6.72 Å². The van der Waals surface area contributed by atoms with Gasteiger partial charge in [-0.2, -0.15) is 5.26 Å². The quantitative estimate of drug-likeness (QED) is 0.727. The van der Waals surface area contributed by atoms with Crippen LogP contribution in [0.3, 0.4) is 0 Å². The number of ether oxygens (including phenoxy) is 2. The van der Waals surface area contributed by atoms with E-state index in [1.165, 1.54) is 0 Å². The topological polar surface area (TPSA) is 57.9 Å². The number of allylic oxidation sites excluding steroid dienone is 1. The lowest BCUT2D eigenvalue weighted by atomic mass is 9.89. The molecule has 1 unspecified atom stereocenters. The molecule has 1 heterocycles. The van der Waals surface area contributed by atoms with Crippen LogP contribution in [-0.2, 0) is 9.47 Å². The van der Waals surface area contributed by atoms with Crippen LogP contribution in [-0.4, -0.2) is 45.0 Å². The molecule has 1 saturated heterocycles.